The maximum atomic E-state index is 4.23. The summed E-state index contributed by atoms with van der Waals surface area (Å²) in [5.41, 5.74) is 0. The molecule has 1 aliphatic rings. The van der Waals surface area contributed by atoms with Crippen LogP contribution in [0, 0.1) is 0 Å². The van der Waals surface area contributed by atoms with E-state index >= 15 is 0 Å². The van der Waals surface area contributed by atoms with E-state index in [4.69, 9.17) is 0 Å². The Labute approximate surface area is 95.1 Å². The Morgan fingerprint density at radius 3 is 3.20 bits per heavy atom. The van der Waals surface area contributed by atoms with Gasteiger partial charge in [0.05, 0.1) is 6.20 Å². The van der Waals surface area contributed by atoms with E-state index in [1.165, 1.54) is 32.2 Å². The van der Waals surface area contributed by atoms with Gasteiger partial charge in [-0.2, -0.15) is 0 Å². The Hall–Kier alpha value is -0.610. The molecule has 2 heterocycles. The molecule has 0 amide bonds. The molecule has 1 fully saturated rings. The third-order valence-electron chi connectivity index (χ3n) is 2.65. The van der Waals surface area contributed by atoms with Crippen molar-refractivity contribution >= 4 is 11.8 Å². The van der Waals surface area contributed by atoms with Gasteiger partial charge in [0.15, 0.2) is 0 Å². The highest BCUT2D eigenvalue weighted by Crippen LogP contribution is 2.17. The van der Waals surface area contributed by atoms with Crippen molar-refractivity contribution in [2.45, 2.75) is 36.8 Å². The Morgan fingerprint density at radius 1 is 1.47 bits per heavy atom. The van der Waals surface area contributed by atoms with Gasteiger partial charge in [0, 0.05) is 18.4 Å². The summed E-state index contributed by atoms with van der Waals surface area (Å²) in [6, 6.07) is 0.771. The van der Waals surface area contributed by atoms with Crippen molar-refractivity contribution in [2.24, 2.45) is 0 Å². The average Bonchev–Trinajstić information content (AvgIpc) is 2.79. The van der Waals surface area contributed by atoms with Gasteiger partial charge in [-0.15, -0.1) is 11.8 Å². The maximum absolute atomic E-state index is 4.23. The van der Waals surface area contributed by atoms with Crippen molar-refractivity contribution in [3.63, 3.8) is 0 Å². The van der Waals surface area contributed by atoms with E-state index in [-0.39, 0.29) is 0 Å². The summed E-state index contributed by atoms with van der Waals surface area (Å²) in [5, 5.41) is 4.56. The smallest absolute Gasteiger partial charge is 0.114 e. The summed E-state index contributed by atoms with van der Waals surface area (Å²) < 4.78 is 0. The lowest BCUT2D eigenvalue weighted by atomic mass is 10.1. The molecule has 1 N–H and O–H groups in total. The van der Waals surface area contributed by atoms with Crippen LogP contribution in [0.5, 0.6) is 0 Å². The molecule has 0 saturated carbocycles. The van der Waals surface area contributed by atoms with Gasteiger partial charge >= 0.3 is 0 Å². The van der Waals surface area contributed by atoms with Crippen LogP contribution in [0.25, 0.3) is 0 Å². The summed E-state index contributed by atoms with van der Waals surface area (Å²) in [6.07, 6.45) is 10.6. The second-order valence-corrected chi connectivity index (χ2v) is 4.94. The molecule has 1 saturated heterocycles. The van der Waals surface area contributed by atoms with Crippen molar-refractivity contribution in [3.05, 3.63) is 18.6 Å². The van der Waals surface area contributed by atoms with E-state index in [0.717, 1.165) is 16.8 Å². The SMILES string of the molecule is c1cnc(SCCCC2CCCN2)cn1. The van der Waals surface area contributed by atoms with Crippen molar-refractivity contribution in [3.8, 4) is 0 Å². The Bertz CT molecular complexity index is 272. The van der Waals surface area contributed by atoms with Gasteiger partial charge in [0.1, 0.15) is 5.03 Å². The van der Waals surface area contributed by atoms with Crippen molar-refractivity contribution in [2.75, 3.05) is 12.3 Å². The summed E-state index contributed by atoms with van der Waals surface area (Å²) in [6.45, 7) is 1.21. The molecule has 0 bridgehead atoms. The molecule has 0 aliphatic carbocycles. The number of nitrogens with one attached hydrogen (secondary N) is 1. The van der Waals surface area contributed by atoms with Crippen molar-refractivity contribution < 1.29 is 0 Å². The molecule has 3 nitrogen and oxygen atoms in total. The fraction of sp³-hybridized carbons (Fsp3) is 0.636. The molecule has 1 unspecified atom stereocenters. The number of thioether (sulfide) groups is 1. The molecule has 0 aromatic carbocycles. The number of hydrogen-bond donors (Lipinski definition) is 1. The minimum Gasteiger partial charge on any atom is -0.314 e. The van der Waals surface area contributed by atoms with Crippen LogP contribution in [0.1, 0.15) is 25.7 Å². The lowest BCUT2D eigenvalue weighted by molar-refractivity contribution is 0.553. The highest BCUT2D eigenvalue weighted by molar-refractivity contribution is 7.99. The van der Waals surface area contributed by atoms with Crippen LogP contribution in [-0.2, 0) is 0 Å². The molecule has 1 aromatic heterocycles. The lowest BCUT2D eigenvalue weighted by Crippen LogP contribution is -2.20. The number of nitrogens with zero attached hydrogens (tertiary/aromatic N) is 2. The highest BCUT2D eigenvalue weighted by Gasteiger charge is 2.12. The molecule has 82 valence electrons. The largest absolute Gasteiger partial charge is 0.314 e. The first-order chi connectivity index (χ1) is 7.45. The summed E-state index contributed by atoms with van der Waals surface area (Å²) in [4.78, 5) is 8.28. The number of hydrogen-bond acceptors (Lipinski definition) is 4. The third kappa shape index (κ3) is 3.80. The minimum absolute atomic E-state index is 0.771. The topological polar surface area (TPSA) is 37.8 Å². The van der Waals surface area contributed by atoms with Gasteiger partial charge in [-0.25, -0.2) is 4.98 Å². The first kappa shape index (κ1) is 10.9. The molecule has 2 rings (SSSR count). The number of aromatic nitrogens is 2. The molecular formula is C11H17N3S. The molecule has 0 spiro atoms. The highest BCUT2D eigenvalue weighted by atomic mass is 32.2. The fourth-order valence-corrected chi connectivity index (χ4v) is 2.66. The third-order valence-corrected chi connectivity index (χ3v) is 3.65. The van der Waals surface area contributed by atoms with Crippen LogP contribution in [0.15, 0.2) is 23.6 Å². The van der Waals surface area contributed by atoms with Crippen molar-refractivity contribution in [1.29, 1.82) is 0 Å². The maximum Gasteiger partial charge on any atom is 0.114 e. The predicted octanol–water partition coefficient (Wildman–Crippen LogP) is 2.10. The van der Waals surface area contributed by atoms with Crippen LogP contribution >= 0.6 is 11.8 Å². The second-order valence-electron chi connectivity index (χ2n) is 3.83. The van der Waals surface area contributed by atoms with E-state index in [1.54, 1.807) is 24.2 Å². The zero-order valence-corrected chi connectivity index (χ0v) is 9.67. The summed E-state index contributed by atoms with van der Waals surface area (Å²) in [7, 11) is 0. The van der Waals surface area contributed by atoms with E-state index in [1.807, 2.05) is 6.20 Å². The van der Waals surface area contributed by atoms with Crippen LogP contribution in [0.2, 0.25) is 0 Å². The zero-order valence-electron chi connectivity index (χ0n) is 8.85. The lowest BCUT2D eigenvalue weighted by Gasteiger charge is -2.08. The molecule has 1 atom stereocenters. The summed E-state index contributed by atoms with van der Waals surface area (Å²) >= 11 is 1.80. The monoisotopic (exact) mass is 223 g/mol. The minimum atomic E-state index is 0.771. The quantitative estimate of drug-likeness (QED) is 0.613. The van der Waals surface area contributed by atoms with Crippen LogP contribution in [0.4, 0.5) is 0 Å². The number of rotatable bonds is 5. The van der Waals surface area contributed by atoms with Gasteiger partial charge in [-0.1, -0.05) is 0 Å². The van der Waals surface area contributed by atoms with E-state index in [2.05, 4.69) is 15.3 Å². The predicted molar refractivity (Wildman–Crippen MR) is 63.0 cm³/mol. The fourth-order valence-electron chi connectivity index (χ4n) is 1.87. The zero-order chi connectivity index (χ0) is 10.3. The molecule has 1 aromatic rings. The normalized spacial score (nSPS) is 20.7. The Morgan fingerprint density at radius 2 is 2.47 bits per heavy atom. The van der Waals surface area contributed by atoms with E-state index < -0.39 is 0 Å². The molecule has 0 radical (unpaired) electrons. The second kappa shape index (κ2) is 6.08. The van der Waals surface area contributed by atoms with Crippen LogP contribution in [-0.4, -0.2) is 28.3 Å². The van der Waals surface area contributed by atoms with E-state index in [0.29, 0.717) is 0 Å². The summed E-state index contributed by atoms with van der Waals surface area (Å²) in [5.74, 6) is 1.15. The van der Waals surface area contributed by atoms with Crippen molar-refractivity contribution in [1.82, 2.24) is 15.3 Å². The average molecular weight is 223 g/mol. The first-order valence-electron chi connectivity index (χ1n) is 5.57. The van der Waals surface area contributed by atoms with Gasteiger partial charge in [-0.3, -0.25) is 4.98 Å². The molecular weight excluding hydrogens is 206 g/mol. The standard InChI is InChI=1S/C11H17N3S/c1-3-10(13-5-1)4-2-8-15-11-9-12-6-7-14-11/h6-7,9-10,13H,1-5,8H2. The van der Waals surface area contributed by atoms with Crippen LogP contribution in [0.3, 0.4) is 0 Å². The van der Waals surface area contributed by atoms with E-state index in [9.17, 15) is 0 Å². The molecule has 4 heteroatoms. The first-order valence-corrected chi connectivity index (χ1v) is 6.56. The van der Waals surface area contributed by atoms with Gasteiger partial charge in [-0.05, 0) is 38.0 Å². The Kier molecular flexibility index (Phi) is 4.41. The van der Waals surface area contributed by atoms with Gasteiger partial charge in [0.25, 0.3) is 0 Å². The molecule has 15 heavy (non-hydrogen) atoms. The molecule has 1 aliphatic heterocycles. The van der Waals surface area contributed by atoms with Gasteiger partial charge in [0.2, 0.25) is 0 Å². The van der Waals surface area contributed by atoms with Crippen LogP contribution < -0.4 is 5.32 Å². The van der Waals surface area contributed by atoms with Gasteiger partial charge < -0.3 is 5.32 Å². The Balaban J connectivity index is 1.59.